The standard InChI is InChI=1S/C56H73N3O3/c60-54(41-26-9-7-5-3-1-2-4-6-8-10-27-42-55(61)62)59(45-29-28-44-58(47-49-31-16-11-17-32-49)48-50-33-18-12-19-34-50)46-30-43-57-56(51-35-20-13-21-36-51,52-37-22-14-23-38-52)53-39-24-15-25-40-53/h11-25,31-40,57H,1-10,26-30,41-48H2,(H,61,62). The predicted molar refractivity (Wildman–Crippen MR) is 257 cm³/mol. The molecule has 1 amide bonds. The molecule has 0 aromatic heterocycles. The molecule has 0 aliphatic heterocycles. The molecule has 0 unspecified atom stereocenters. The number of benzene rings is 5. The number of carbonyl (C=O) groups excluding carboxylic acids is 1. The summed E-state index contributed by atoms with van der Waals surface area (Å²) in [5, 5.41) is 12.8. The zero-order valence-corrected chi connectivity index (χ0v) is 37.4. The zero-order chi connectivity index (χ0) is 43.3. The first-order chi connectivity index (χ1) is 30.5. The summed E-state index contributed by atoms with van der Waals surface area (Å²) in [6, 6.07) is 53.8. The van der Waals surface area contributed by atoms with Gasteiger partial charge in [-0.3, -0.25) is 19.8 Å². The lowest BCUT2D eigenvalue weighted by atomic mass is 9.77. The molecule has 0 atom stereocenters. The fourth-order valence-corrected chi connectivity index (χ4v) is 8.79. The Morgan fingerprint density at radius 2 is 0.774 bits per heavy atom. The highest BCUT2D eigenvalue weighted by molar-refractivity contribution is 5.76. The van der Waals surface area contributed by atoms with Gasteiger partial charge in [0.1, 0.15) is 0 Å². The molecule has 6 nitrogen and oxygen atoms in total. The minimum Gasteiger partial charge on any atom is -0.481 e. The zero-order valence-electron chi connectivity index (χ0n) is 37.4. The maximum Gasteiger partial charge on any atom is 0.303 e. The number of hydrogen-bond donors (Lipinski definition) is 2. The Morgan fingerprint density at radius 3 is 1.19 bits per heavy atom. The summed E-state index contributed by atoms with van der Waals surface area (Å²) >= 11 is 0. The van der Waals surface area contributed by atoms with E-state index in [1.165, 1.54) is 72.8 Å². The fourth-order valence-electron chi connectivity index (χ4n) is 8.79. The van der Waals surface area contributed by atoms with Crippen molar-refractivity contribution in [3.8, 4) is 0 Å². The van der Waals surface area contributed by atoms with Crippen molar-refractivity contribution in [1.29, 1.82) is 0 Å². The van der Waals surface area contributed by atoms with Crippen molar-refractivity contribution in [2.45, 2.75) is 128 Å². The molecule has 5 rings (SSSR count). The highest BCUT2D eigenvalue weighted by Crippen LogP contribution is 2.36. The van der Waals surface area contributed by atoms with Gasteiger partial charge in [0.05, 0.1) is 5.54 Å². The van der Waals surface area contributed by atoms with E-state index in [9.17, 15) is 9.59 Å². The molecule has 0 saturated heterocycles. The van der Waals surface area contributed by atoms with Gasteiger partial charge < -0.3 is 10.0 Å². The topological polar surface area (TPSA) is 72.9 Å². The summed E-state index contributed by atoms with van der Waals surface area (Å²) in [5.41, 5.74) is 5.73. The highest BCUT2D eigenvalue weighted by atomic mass is 16.4. The minimum absolute atomic E-state index is 0.291. The molecule has 0 heterocycles. The van der Waals surface area contributed by atoms with E-state index in [2.05, 4.69) is 167 Å². The number of unbranched alkanes of at least 4 members (excludes halogenated alkanes) is 12. The van der Waals surface area contributed by atoms with Crippen LogP contribution in [0.5, 0.6) is 0 Å². The number of carboxylic acids is 1. The molecule has 0 aliphatic rings. The van der Waals surface area contributed by atoms with Gasteiger partial charge in [0.15, 0.2) is 0 Å². The lowest BCUT2D eigenvalue weighted by Gasteiger charge is -2.37. The fraction of sp³-hybridized carbons (Fsp3) is 0.429. The Bertz CT molecular complexity index is 1770. The summed E-state index contributed by atoms with van der Waals surface area (Å²) in [4.78, 5) is 29.4. The minimum atomic E-state index is -0.684. The number of carbonyl (C=O) groups is 2. The third kappa shape index (κ3) is 17.0. The molecule has 5 aromatic carbocycles. The number of rotatable bonds is 32. The van der Waals surface area contributed by atoms with Gasteiger partial charge in [0.25, 0.3) is 0 Å². The summed E-state index contributed by atoms with van der Waals surface area (Å²) in [5.74, 6) is -0.393. The van der Waals surface area contributed by atoms with Crippen LogP contribution in [0.25, 0.3) is 0 Å². The first-order valence-corrected chi connectivity index (χ1v) is 23.8. The van der Waals surface area contributed by atoms with Crippen LogP contribution in [0.15, 0.2) is 152 Å². The van der Waals surface area contributed by atoms with Gasteiger partial charge >= 0.3 is 5.97 Å². The number of carboxylic acid groups (broad SMARTS) is 1. The largest absolute Gasteiger partial charge is 0.481 e. The van der Waals surface area contributed by atoms with E-state index < -0.39 is 11.5 Å². The third-order valence-electron chi connectivity index (χ3n) is 12.1. The van der Waals surface area contributed by atoms with Crippen molar-refractivity contribution in [1.82, 2.24) is 15.1 Å². The Morgan fingerprint density at radius 1 is 0.419 bits per heavy atom. The second kappa shape index (κ2) is 28.5. The lowest BCUT2D eigenvalue weighted by molar-refractivity contribution is -0.137. The third-order valence-corrected chi connectivity index (χ3v) is 12.1. The van der Waals surface area contributed by atoms with Crippen LogP contribution in [0.4, 0.5) is 0 Å². The first-order valence-electron chi connectivity index (χ1n) is 23.8. The molecule has 0 spiro atoms. The number of hydrogen-bond acceptors (Lipinski definition) is 4. The van der Waals surface area contributed by atoms with Crippen LogP contribution in [0.3, 0.4) is 0 Å². The van der Waals surface area contributed by atoms with E-state index in [1.54, 1.807) is 0 Å². The van der Waals surface area contributed by atoms with Gasteiger partial charge in [-0.1, -0.05) is 216 Å². The van der Waals surface area contributed by atoms with Crippen LogP contribution >= 0.6 is 0 Å². The Labute approximate surface area is 373 Å². The van der Waals surface area contributed by atoms with Crippen molar-refractivity contribution in [2.24, 2.45) is 0 Å². The highest BCUT2D eigenvalue weighted by Gasteiger charge is 2.35. The van der Waals surface area contributed by atoms with Crippen molar-refractivity contribution in [2.75, 3.05) is 26.2 Å². The summed E-state index contributed by atoms with van der Waals surface area (Å²) in [6.45, 7) is 5.07. The smallest absolute Gasteiger partial charge is 0.303 e. The van der Waals surface area contributed by atoms with E-state index in [0.717, 1.165) is 90.6 Å². The van der Waals surface area contributed by atoms with Gasteiger partial charge in [-0.25, -0.2) is 0 Å². The quantitative estimate of drug-likeness (QED) is 0.0333. The number of aliphatic carboxylic acids is 1. The van der Waals surface area contributed by atoms with Crippen LogP contribution in [-0.2, 0) is 28.2 Å². The predicted octanol–water partition coefficient (Wildman–Crippen LogP) is 12.8. The molecule has 6 heteroatoms. The van der Waals surface area contributed by atoms with Crippen molar-refractivity contribution in [3.05, 3.63) is 179 Å². The Balaban J connectivity index is 1.15. The lowest BCUT2D eigenvalue weighted by Crippen LogP contribution is -2.46. The van der Waals surface area contributed by atoms with Crippen LogP contribution in [0.1, 0.15) is 137 Å². The second-order valence-corrected chi connectivity index (χ2v) is 17.0. The second-order valence-electron chi connectivity index (χ2n) is 17.0. The molecule has 2 N–H and O–H groups in total. The first kappa shape index (κ1) is 48.0. The van der Waals surface area contributed by atoms with Crippen LogP contribution in [0.2, 0.25) is 0 Å². The molecular formula is C56H73N3O3. The van der Waals surface area contributed by atoms with Gasteiger partial charge in [0, 0.05) is 39.0 Å². The van der Waals surface area contributed by atoms with Crippen LogP contribution < -0.4 is 5.32 Å². The molecule has 0 fully saturated rings. The van der Waals surface area contributed by atoms with E-state index in [4.69, 9.17) is 5.11 Å². The SMILES string of the molecule is O=C(O)CCCCCCCCCCCCCCC(=O)N(CCCCN(Cc1ccccc1)Cc1ccccc1)CCCNC(c1ccccc1)(c1ccccc1)c1ccccc1. The van der Waals surface area contributed by atoms with Gasteiger partial charge in [-0.2, -0.15) is 0 Å². The van der Waals surface area contributed by atoms with Gasteiger partial charge in [-0.15, -0.1) is 0 Å². The molecule has 5 aromatic rings. The average molecular weight is 836 g/mol. The van der Waals surface area contributed by atoms with Gasteiger partial charge in [-0.05, 0) is 73.0 Å². The van der Waals surface area contributed by atoms with E-state index in [1.807, 2.05) is 0 Å². The van der Waals surface area contributed by atoms with E-state index >= 15 is 0 Å². The van der Waals surface area contributed by atoms with Crippen molar-refractivity contribution in [3.63, 3.8) is 0 Å². The summed E-state index contributed by atoms with van der Waals surface area (Å²) < 4.78 is 0. The molecule has 0 radical (unpaired) electrons. The number of nitrogens with zero attached hydrogens (tertiary/aromatic N) is 2. The molecular weight excluding hydrogens is 763 g/mol. The normalized spacial score (nSPS) is 11.5. The van der Waals surface area contributed by atoms with Crippen LogP contribution in [-0.4, -0.2) is 53.0 Å². The maximum atomic E-state index is 14.0. The molecule has 330 valence electrons. The van der Waals surface area contributed by atoms with Crippen LogP contribution in [0, 0.1) is 0 Å². The monoisotopic (exact) mass is 836 g/mol. The average Bonchev–Trinajstić information content (AvgIpc) is 3.31. The summed E-state index contributed by atoms with van der Waals surface area (Å²) in [7, 11) is 0. The molecule has 0 bridgehead atoms. The Kier molecular flexibility index (Phi) is 22.1. The van der Waals surface area contributed by atoms with Crippen molar-refractivity contribution >= 4 is 11.9 Å². The Hall–Kier alpha value is -5.04. The van der Waals surface area contributed by atoms with Gasteiger partial charge in [0.2, 0.25) is 5.91 Å². The maximum absolute atomic E-state index is 14.0. The molecule has 0 aliphatic carbocycles. The van der Waals surface area contributed by atoms with E-state index in [-0.39, 0.29) is 0 Å². The van der Waals surface area contributed by atoms with Crippen molar-refractivity contribution < 1.29 is 14.7 Å². The van der Waals surface area contributed by atoms with E-state index in [0.29, 0.717) is 18.7 Å². The number of amides is 1. The summed E-state index contributed by atoms with van der Waals surface area (Å²) in [6.07, 6.45) is 17.5. The molecule has 62 heavy (non-hydrogen) atoms. The number of nitrogens with one attached hydrogen (secondary N) is 1. The molecule has 0 saturated carbocycles.